The first-order chi connectivity index (χ1) is 15.8. The van der Waals surface area contributed by atoms with Gasteiger partial charge >= 0.3 is 0 Å². The van der Waals surface area contributed by atoms with E-state index in [2.05, 4.69) is 5.32 Å². The number of hydrogen-bond donors (Lipinski definition) is 1. The molecule has 1 N–H and O–H groups in total. The molecule has 3 aromatic carbocycles. The molecule has 1 amide bonds. The molecule has 1 unspecified atom stereocenters. The van der Waals surface area contributed by atoms with Gasteiger partial charge in [-0.2, -0.15) is 0 Å². The summed E-state index contributed by atoms with van der Waals surface area (Å²) in [5.74, 6) is -0.174. The maximum Gasteiger partial charge on any atom is 0.264 e. The minimum Gasteiger partial charge on any atom is -0.492 e. The van der Waals surface area contributed by atoms with Gasteiger partial charge in [0.1, 0.15) is 23.9 Å². The molecule has 33 heavy (non-hydrogen) atoms. The van der Waals surface area contributed by atoms with Crippen LogP contribution in [-0.4, -0.2) is 40.1 Å². The normalized spacial score (nSPS) is 15.3. The zero-order valence-corrected chi connectivity index (χ0v) is 18.9. The smallest absolute Gasteiger partial charge is 0.264 e. The van der Waals surface area contributed by atoms with Gasteiger partial charge in [0.15, 0.2) is 6.10 Å². The number of nitrogens with one attached hydrogen (secondary N) is 1. The van der Waals surface area contributed by atoms with Crippen LogP contribution < -0.4 is 19.1 Å². The lowest BCUT2D eigenvalue weighted by atomic mass is 10.2. The van der Waals surface area contributed by atoms with E-state index >= 15 is 0 Å². The van der Waals surface area contributed by atoms with Gasteiger partial charge in [-0.15, -0.1) is 0 Å². The highest BCUT2D eigenvalue weighted by atomic mass is 35.5. The molecule has 3 aromatic rings. The molecule has 0 spiro atoms. The Morgan fingerprint density at radius 3 is 2.58 bits per heavy atom. The summed E-state index contributed by atoms with van der Waals surface area (Å²) in [6.45, 7) is 0.0620. The molecule has 1 aliphatic rings. The summed E-state index contributed by atoms with van der Waals surface area (Å²) in [6, 6.07) is 18.0. The SMILES string of the molecule is O=C(NCCOc1ccc(F)cc1)C1CN(S(=O)(=O)c2ccccc2)c2cc(Cl)ccc2O1. The third-order valence-corrected chi connectivity index (χ3v) is 6.93. The molecule has 0 aromatic heterocycles. The van der Waals surface area contributed by atoms with Gasteiger partial charge in [-0.1, -0.05) is 29.8 Å². The number of carbonyl (C=O) groups is 1. The van der Waals surface area contributed by atoms with Crippen LogP contribution >= 0.6 is 11.6 Å². The maximum absolute atomic E-state index is 13.3. The predicted molar refractivity (Wildman–Crippen MR) is 122 cm³/mol. The molecule has 0 saturated carbocycles. The van der Waals surface area contributed by atoms with Crippen molar-refractivity contribution in [1.82, 2.24) is 5.32 Å². The Labute approximate surface area is 195 Å². The lowest BCUT2D eigenvalue weighted by Crippen LogP contribution is -2.51. The Kier molecular flexibility index (Phi) is 6.71. The fraction of sp³-hybridized carbons (Fsp3) is 0.174. The number of amides is 1. The van der Waals surface area contributed by atoms with Crippen LogP contribution in [0.3, 0.4) is 0 Å². The number of anilines is 1. The third-order valence-electron chi connectivity index (χ3n) is 4.90. The van der Waals surface area contributed by atoms with Gasteiger partial charge in [-0.3, -0.25) is 9.10 Å². The Hall–Kier alpha value is -3.30. The zero-order valence-electron chi connectivity index (χ0n) is 17.3. The van der Waals surface area contributed by atoms with Gasteiger partial charge in [-0.05, 0) is 54.6 Å². The van der Waals surface area contributed by atoms with E-state index in [0.717, 1.165) is 4.31 Å². The van der Waals surface area contributed by atoms with Crippen molar-refractivity contribution in [3.63, 3.8) is 0 Å². The molecular formula is C23H20ClFN2O5S. The molecular weight excluding hydrogens is 471 g/mol. The van der Waals surface area contributed by atoms with E-state index in [9.17, 15) is 17.6 Å². The average Bonchev–Trinajstić information content (AvgIpc) is 2.82. The lowest BCUT2D eigenvalue weighted by molar-refractivity contribution is -0.127. The number of halogens is 2. The summed E-state index contributed by atoms with van der Waals surface area (Å²) in [5, 5.41) is 3.02. The third kappa shape index (κ3) is 5.20. The summed E-state index contributed by atoms with van der Waals surface area (Å²) in [6.07, 6.45) is -1.08. The average molecular weight is 491 g/mol. The first kappa shape index (κ1) is 22.9. The van der Waals surface area contributed by atoms with E-state index in [1.807, 2.05) is 0 Å². The van der Waals surface area contributed by atoms with Gasteiger partial charge < -0.3 is 14.8 Å². The van der Waals surface area contributed by atoms with Gasteiger partial charge in [0, 0.05) is 5.02 Å². The largest absolute Gasteiger partial charge is 0.492 e. The Bertz CT molecular complexity index is 1240. The van der Waals surface area contributed by atoms with Crippen LogP contribution in [0.25, 0.3) is 0 Å². The molecule has 7 nitrogen and oxygen atoms in total. The molecule has 0 radical (unpaired) electrons. The van der Waals surface area contributed by atoms with Crippen molar-refractivity contribution >= 4 is 33.2 Å². The first-order valence-electron chi connectivity index (χ1n) is 10.0. The quantitative estimate of drug-likeness (QED) is 0.511. The molecule has 0 aliphatic carbocycles. The second-order valence-corrected chi connectivity index (χ2v) is 9.46. The summed E-state index contributed by atoms with van der Waals surface area (Å²) < 4.78 is 52.0. The Balaban J connectivity index is 1.47. The van der Waals surface area contributed by atoms with Crippen molar-refractivity contribution in [3.8, 4) is 11.5 Å². The van der Waals surface area contributed by atoms with E-state index < -0.39 is 22.0 Å². The minimum atomic E-state index is -3.96. The molecule has 1 atom stereocenters. The monoisotopic (exact) mass is 490 g/mol. The first-order valence-corrected chi connectivity index (χ1v) is 11.9. The van der Waals surface area contributed by atoms with Crippen LogP contribution in [0, 0.1) is 5.82 Å². The van der Waals surface area contributed by atoms with E-state index in [-0.39, 0.29) is 41.8 Å². The second-order valence-electron chi connectivity index (χ2n) is 7.16. The van der Waals surface area contributed by atoms with E-state index in [1.165, 1.54) is 48.5 Å². The van der Waals surface area contributed by atoms with Crippen molar-refractivity contribution in [3.05, 3.63) is 83.6 Å². The molecule has 0 fully saturated rings. The van der Waals surface area contributed by atoms with Crippen LogP contribution in [0.4, 0.5) is 10.1 Å². The van der Waals surface area contributed by atoms with Gasteiger partial charge in [0.05, 0.1) is 23.7 Å². The number of rotatable bonds is 7. The van der Waals surface area contributed by atoms with E-state index in [1.54, 1.807) is 24.3 Å². The van der Waals surface area contributed by atoms with E-state index in [0.29, 0.717) is 10.8 Å². The fourth-order valence-corrected chi connectivity index (χ4v) is 4.95. The topological polar surface area (TPSA) is 84.9 Å². The van der Waals surface area contributed by atoms with Crippen molar-refractivity contribution in [2.24, 2.45) is 0 Å². The van der Waals surface area contributed by atoms with Crippen molar-refractivity contribution in [1.29, 1.82) is 0 Å². The fourth-order valence-electron chi connectivity index (χ4n) is 3.30. The van der Waals surface area contributed by atoms with Crippen LogP contribution in [0.1, 0.15) is 0 Å². The van der Waals surface area contributed by atoms with Crippen LogP contribution in [0.2, 0.25) is 5.02 Å². The second kappa shape index (κ2) is 9.68. The zero-order chi connectivity index (χ0) is 23.4. The number of carbonyl (C=O) groups excluding carboxylic acids is 1. The number of benzene rings is 3. The van der Waals surface area contributed by atoms with Gasteiger partial charge in [-0.25, -0.2) is 12.8 Å². The predicted octanol–water partition coefficient (Wildman–Crippen LogP) is 3.63. The summed E-state index contributed by atoms with van der Waals surface area (Å²) in [4.78, 5) is 12.8. The van der Waals surface area contributed by atoms with Gasteiger partial charge in [0.2, 0.25) is 0 Å². The number of sulfonamides is 1. The highest BCUT2D eigenvalue weighted by Crippen LogP contribution is 2.38. The minimum absolute atomic E-state index is 0.0877. The molecule has 0 saturated heterocycles. The van der Waals surface area contributed by atoms with Crippen LogP contribution in [0.15, 0.2) is 77.7 Å². The summed E-state index contributed by atoms with van der Waals surface area (Å²) >= 11 is 6.09. The van der Waals surface area contributed by atoms with Gasteiger partial charge in [0.25, 0.3) is 15.9 Å². The highest BCUT2D eigenvalue weighted by Gasteiger charge is 2.37. The molecule has 0 bridgehead atoms. The van der Waals surface area contributed by atoms with Crippen molar-refractivity contribution in [2.45, 2.75) is 11.0 Å². The molecule has 10 heteroatoms. The number of hydrogen-bond acceptors (Lipinski definition) is 5. The van der Waals surface area contributed by atoms with Crippen LogP contribution in [-0.2, 0) is 14.8 Å². The molecule has 172 valence electrons. The number of ether oxygens (including phenoxy) is 2. The molecule has 1 heterocycles. The number of fused-ring (bicyclic) bond motifs is 1. The number of nitrogens with zero attached hydrogens (tertiary/aromatic N) is 1. The summed E-state index contributed by atoms with van der Waals surface area (Å²) in [7, 11) is -3.96. The van der Waals surface area contributed by atoms with E-state index in [4.69, 9.17) is 21.1 Å². The summed E-state index contributed by atoms with van der Waals surface area (Å²) in [5.41, 5.74) is 0.259. The van der Waals surface area contributed by atoms with Crippen molar-refractivity contribution in [2.75, 3.05) is 24.0 Å². The standard InChI is InChI=1S/C23H20ClFN2O5S/c24-16-6-11-21-20(14-16)27(33(29,30)19-4-2-1-3-5-19)15-22(32-21)23(28)26-12-13-31-18-9-7-17(25)8-10-18/h1-11,14,22H,12-13,15H2,(H,26,28). The Morgan fingerprint density at radius 2 is 1.85 bits per heavy atom. The maximum atomic E-state index is 13.3. The molecule has 1 aliphatic heterocycles. The molecule has 4 rings (SSSR count). The lowest BCUT2D eigenvalue weighted by Gasteiger charge is -2.34. The van der Waals surface area contributed by atoms with Crippen LogP contribution in [0.5, 0.6) is 11.5 Å². The highest BCUT2D eigenvalue weighted by molar-refractivity contribution is 7.92. The Morgan fingerprint density at radius 1 is 1.12 bits per heavy atom. The van der Waals surface area contributed by atoms with Crippen molar-refractivity contribution < 1.29 is 27.1 Å².